The van der Waals surface area contributed by atoms with Crippen LogP contribution < -0.4 is 26.2 Å². The van der Waals surface area contributed by atoms with Crippen molar-refractivity contribution in [1.82, 2.24) is 21.4 Å². The third-order valence-corrected chi connectivity index (χ3v) is 8.79. The molecule has 0 radical (unpaired) electrons. The molecule has 0 spiro atoms. The van der Waals surface area contributed by atoms with Crippen molar-refractivity contribution in [1.29, 1.82) is 0 Å². The molecule has 0 fully saturated rings. The number of furan rings is 1. The number of carbonyl (C=O) groups excluding carboxylic acids is 7. The molecule has 3 aromatic rings. The highest BCUT2D eigenvalue weighted by Gasteiger charge is 2.32. The van der Waals surface area contributed by atoms with Crippen LogP contribution in [0.4, 0.5) is 0 Å². The zero-order chi connectivity index (χ0) is 41.7. The number of carbonyl (C=O) groups is 7. The van der Waals surface area contributed by atoms with E-state index in [2.05, 4.69) is 35.6 Å². The van der Waals surface area contributed by atoms with E-state index in [-0.39, 0.29) is 36.1 Å². The van der Waals surface area contributed by atoms with E-state index in [4.69, 9.17) is 14.0 Å². The largest absolute Gasteiger partial charge is 0.481 e. The molecule has 4 amide bonds. The summed E-state index contributed by atoms with van der Waals surface area (Å²) in [4.78, 5) is 94.3. The molecule has 17 heteroatoms. The first-order chi connectivity index (χ1) is 27.4. The number of esters is 3. The molecule has 0 aliphatic carbocycles. The maximum absolute atomic E-state index is 13.4. The summed E-state index contributed by atoms with van der Waals surface area (Å²) >= 11 is 0. The van der Waals surface area contributed by atoms with Gasteiger partial charge in [-0.2, -0.15) is 0 Å². The summed E-state index contributed by atoms with van der Waals surface area (Å²) in [5, 5.41) is 7.70. The molecule has 3 rings (SSSR count). The predicted molar refractivity (Wildman–Crippen MR) is 203 cm³/mol. The molecule has 0 saturated carbocycles. The van der Waals surface area contributed by atoms with Gasteiger partial charge in [0.05, 0.1) is 52.5 Å². The Bertz CT molecular complexity index is 1830. The summed E-state index contributed by atoms with van der Waals surface area (Å²) < 4.78 is 25.3. The number of amides is 4. The van der Waals surface area contributed by atoms with E-state index in [0.717, 1.165) is 46.2 Å². The van der Waals surface area contributed by atoms with Crippen LogP contribution in [0.3, 0.4) is 0 Å². The molecule has 4 N–H and O–H groups in total. The van der Waals surface area contributed by atoms with Gasteiger partial charge in [0.1, 0.15) is 17.6 Å². The SMILES string of the molecule is CCCCC[C@@H](C(=O)NCNC(=O)c1ccc(-c2ccc(C(=O)N[C@@H](CC(=O)OC)C(=O)OC)c(OCC(=O)OC)c2)o1)[C@@H](CC)C(=O)NOCc1ccccc1. The third kappa shape index (κ3) is 14.1. The van der Waals surface area contributed by atoms with Crippen LogP contribution in [0.2, 0.25) is 0 Å². The number of benzene rings is 2. The molecular weight excluding hydrogens is 744 g/mol. The highest BCUT2D eigenvalue weighted by Crippen LogP contribution is 2.30. The Morgan fingerprint density at radius 3 is 2.16 bits per heavy atom. The van der Waals surface area contributed by atoms with Crippen LogP contribution in [-0.2, 0) is 49.6 Å². The Morgan fingerprint density at radius 2 is 1.49 bits per heavy atom. The zero-order valence-corrected chi connectivity index (χ0v) is 32.7. The number of methoxy groups -OCH3 is 3. The summed E-state index contributed by atoms with van der Waals surface area (Å²) in [5.41, 5.74) is 3.59. The van der Waals surface area contributed by atoms with Crippen molar-refractivity contribution >= 4 is 41.5 Å². The van der Waals surface area contributed by atoms with Crippen molar-refractivity contribution in [3.05, 3.63) is 77.6 Å². The van der Waals surface area contributed by atoms with Crippen LogP contribution in [-0.4, -0.2) is 82.2 Å². The lowest BCUT2D eigenvalue weighted by Gasteiger charge is -2.24. The van der Waals surface area contributed by atoms with Crippen molar-refractivity contribution in [2.45, 2.75) is 65.0 Å². The summed E-state index contributed by atoms with van der Waals surface area (Å²) in [5.74, 6) is -6.10. The topological polar surface area (TPSA) is 227 Å². The van der Waals surface area contributed by atoms with Crippen molar-refractivity contribution in [3.8, 4) is 17.1 Å². The lowest BCUT2D eigenvalue weighted by atomic mass is 9.84. The van der Waals surface area contributed by atoms with E-state index in [1.165, 1.54) is 30.3 Å². The molecule has 2 aromatic carbocycles. The second-order valence-corrected chi connectivity index (χ2v) is 12.7. The Labute approximate surface area is 330 Å². The van der Waals surface area contributed by atoms with Crippen LogP contribution >= 0.6 is 0 Å². The molecule has 0 aliphatic heterocycles. The average Bonchev–Trinajstić information content (AvgIpc) is 3.73. The van der Waals surface area contributed by atoms with Crippen molar-refractivity contribution in [3.63, 3.8) is 0 Å². The van der Waals surface area contributed by atoms with E-state index >= 15 is 0 Å². The third-order valence-electron chi connectivity index (χ3n) is 8.79. The molecular formula is C40H50N4O13. The lowest BCUT2D eigenvalue weighted by molar-refractivity contribution is -0.149. The van der Waals surface area contributed by atoms with E-state index in [0.29, 0.717) is 18.4 Å². The van der Waals surface area contributed by atoms with Gasteiger partial charge in [-0.3, -0.25) is 28.8 Å². The zero-order valence-electron chi connectivity index (χ0n) is 32.7. The van der Waals surface area contributed by atoms with E-state index in [1.54, 1.807) is 0 Å². The average molecular weight is 795 g/mol. The molecule has 0 bridgehead atoms. The molecule has 0 saturated heterocycles. The second kappa shape index (κ2) is 23.6. The van der Waals surface area contributed by atoms with Gasteiger partial charge in [-0.1, -0.05) is 69.5 Å². The number of hydroxylamine groups is 1. The van der Waals surface area contributed by atoms with Crippen molar-refractivity contribution in [2.24, 2.45) is 11.8 Å². The molecule has 0 unspecified atom stereocenters. The van der Waals surface area contributed by atoms with Gasteiger partial charge in [0, 0.05) is 11.5 Å². The molecule has 1 heterocycles. The van der Waals surface area contributed by atoms with Crippen LogP contribution in [0.1, 0.15) is 78.8 Å². The number of hydrogen-bond donors (Lipinski definition) is 4. The van der Waals surface area contributed by atoms with Crippen molar-refractivity contribution in [2.75, 3.05) is 34.6 Å². The second-order valence-electron chi connectivity index (χ2n) is 12.7. The van der Waals surface area contributed by atoms with E-state index in [1.807, 2.05) is 44.2 Å². The Kier molecular flexibility index (Phi) is 18.7. The normalized spacial score (nSPS) is 12.2. The highest BCUT2D eigenvalue weighted by atomic mass is 16.7. The minimum absolute atomic E-state index is 0.109. The van der Waals surface area contributed by atoms with E-state index < -0.39 is 72.4 Å². The van der Waals surface area contributed by atoms with Gasteiger partial charge in [-0.25, -0.2) is 15.1 Å². The minimum Gasteiger partial charge on any atom is -0.481 e. The van der Waals surface area contributed by atoms with Gasteiger partial charge in [0.2, 0.25) is 11.8 Å². The van der Waals surface area contributed by atoms with Crippen LogP contribution in [0.5, 0.6) is 5.75 Å². The number of unbranched alkanes of at least 4 members (excludes halogenated alkanes) is 2. The summed E-state index contributed by atoms with van der Waals surface area (Å²) in [6, 6.07) is 15.0. The first-order valence-corrected chi connectivity index (χ1v) is 18.4. The maximum Gasteiger partial charge on any atom is 0.343 e. The standard InChI is InChI=1S/C40H50N4O13/c1-6-8-10-15-28(27(7-2)38(49)44-56-22-25-13-11-9-12-14-25)36(47)41-24-42-39(50)32-19-18-31(57-32)26-16-17-29(33(20-26)55-23-35(46)53-4)37(48)43-30(40(51)54-5)21-34(45)52-3/h9,11-14,16-20,27-28,30H,6-8,10,15,21-24H2,1-5H3,(H,41,47)(H,42,50)(H,43,48)(H,44,49)/t27-,28-,30+/m1/s1. The number of rotatable bonds is 23. The summed E-state index contributed by atoms with van der Waals surface area (Å²) in [6.45, 7) is 3.20. The summed E-state index contributed by atoms with van der Waals surface area (Å²) in [7, 11) is 3.37. The molecule has 0 aliphatic rings. The van der Waals surface area contributed by atoms with Crippen LogP contribution in [0, 0.1) is 11.8 Å². The van der Waals surface area contributed by atoms with Gasteiger partial charge in [-0.15, -0.1) is 0 Å². The molecule has 308 valence electrons. The fourth-order valence-corrected chi connectivity index (χ4v) is 5.67. The van der Waals surface area contributed by atoms with Gasteiger partial charge in [0.25, 0.3) is 11.8 Å². The minimum atomic E-state index is -1.39. The van der Waals surface area contributed by atoms with Gasteiger partial charge >= 0.3 is 17.9 Å². The highest BCUT2D eigenvalue weighted by molar-refractivity contribution is 6.00. The van der Waals surface area contributed by atoms with Gasteiger partial charge < -0.3 is 39.3 Å². The molecule has 1 aromatic heterocycles. The molecule has 57 heavy (non-hydrogen) atoms. The molecule has 3 atom stereocenters. The Morgan fingerprint density at radius 1 is 0.754 bits per heavy atom. The van der Waals surface area contributed by atoms with Gasteiger partial charge in [0.15, 0.2) is 12.4 Å². The van der Waals surface area contributed by atoms with E-state index in [9.17, 15) is 33.6 Å². The number of nitrogens with one attached hydrogen (secondary N) is 4. The van der Waals surface area contributed by atoms with Crippen molar-refractivity contribution < 1.29 is 61.8 Å². The summed E-state index contributed by atoms with van der Waals surface area (Å²) in [6.07, 6.45) is 2.88. The Balaban J connectivity index is 1.69. The van der Waals surface area contributed by atoms with Gasteiger partial charge in [-0.05, 0) is 42.7 Å². The quantitative estimate of drug-likeness (QED) is 0.0354. The first-order valence-electron chi connectivity index (χ1n) is 18.4. The molecule has 17 nitrogen and oxygen atoms in total. The van der Waals surface area contributed by atoms with Crippen LogP contribution in [0.25, 0.3) is 11.3 Å². The predicted octanol–water partition coefficient (Wildman–Crippen LogP) is 3.61. The monoisotopic (exact) mass is 794 g/mol. The number of hydrogen-bond acceptors (Lipinski definition) is 13. The van der Waals surface area contributed by atoms with Crippen LogP contribution in [0.15, 0.2) is 65.1 Å². The smallest absolute Gasteiger partial charge is 0.343 e. The fourth-order valence-electron chi connectivity index (χ4n) is 5.67. The lowest BCUT2D eigenvalue weighted by Crippen LogP contribution is -2.45. The first kappa shape index (κ1) is 45.2. The Hall–Kier alpha value is -6.23. The number of ether oxygens (including phenoxy) is 4. The fraction of sp³-hybridized carbons (Fsp3) is 0.425. The maximum atomic E-state index is 13.4.